The fraction of sp³-hybridized carbons (Fsp3) is 0.588. The van der Waals surface area contributed by atoms with Crippen molar-refractivity contribution in [1.82, 2.24) is 34.3 Å². The molecule has 0 spiro atoms. The molecule has 9 heteroatoms. The minimum absolute atomic E-state index is 0.00570. The lowest BCUT2D eigenvalue weighted by atomic mass is 9.92. The molecular weight excluding hydrogens is 334 g/mol. The van der Waals surface area contributed by atoms with Crippen LogP contribution in [0.25, 0.3) is 0 Å². The van der Waals surface area contributed by atoms with Gasteiger partial charge in [-0.2, -0.15) is 5.10 Å². The average molecular weight is 359 g/mol. The van der Waals surface area contributed by atoms with Crippen LogP contribution in [-0.4, -0.2) is 59.8 Å². The molecule has 1 aliphatic heterocycles. The molecule has 2 amide bonds. The zero-order valence-electron chi connectivity index (χ0n) is 15.9. The first-order chi connectivity index (χ1) is 12.3. The van der Waals surface area contributed by atoms with Gasteiger partial charge < -0.3 is 14.4 Å². The summed E-state index contributed by atoms with van der Waals surface area (Å²) in [5.74, 6) is 0.215. The smallest absolute Gasteiger partial charge is 0.228 e. The second kappa shape index (κ2) is 6.89. The summed E-state index contributed by atoms with van der Waals surface area (Å²) in [4.78, 5) is 29.1. The van der Waals surface area contributed by atoms with Gasteiger partial charge in [0, 0.05) is 45.4 Å². The number of aromatic nitrogens is 5. The van der Waals surface area contributed by atoms with Crippen molar-refractivity contribution in [3.63, 3.8) is 0 Å². The molecule has 2 aromatic rings. The first kappa shape index (κ1) is 18.1. The Kier molecular flexibility index (Phi) is 4.80. The van der Waals surface area contributed by atoms with Gasteiger partial charge in [0.25, 0.3) is 0 Å². The van der Waals surface area contributed by atoms with Crippen LogP contribution < -0.4 is 0 Å². The highest BCUT2D eigenvalue weighted by Crippen LogP contribution is 2.40. The van der Waals surface area contributed by atoms with Gasteiger partial charge in [0.15, 0.2) is 5.82 Å². The molecule has 140 valence electrons. The number of carbonyl (C=O) groups excluding carboxylic acids is 2. The third-order valence-electron chi connectivity index (χ3n) is 5.24. The average Bonchev–Trinajstić information content (AvgIpc) is 3.26. The van der Waals surface area contributed by atoms with Gasteiger partial charge in [-0.3, -0.25) is 14.3 Å². The SMILES string of the molecule is CCN1C(=O)C[C@H](C(=O)N(C)Cc2nncn2C)[C@H]1c1cnn(C)c1C. The lowest BCUT2D eigenvalue weighted by Gasteiger charge is -2.29. The molecule has 9 nitrogen and oxygen atoms in total. The van der Waals surface area contributed by atoms with Crippen LogP contribution in [0, 0.1) is 12.8 Å². The minimum Gasteiger partial charge on any atom is -0.338 e. The zero-order chi connectivity index (χ0) is 19.0. The normalized spacial score (nSPS) is 20.0. The highest BCUT2D eigenvalue weighted by atomic mass is 16.2. The van der Waals surface area contributed by atoms with Crippen molar-refractivity contribution >= 4 is 11.8 Å². The maximum Gasteiger partial charge on any atom is 0.228 e. The molecule has 3 heterocycles. The number of carbonyl (C=O) groups is 2. The predicted molar refractivity (Wildman–Crippen MR) is 93.7 cm³/mol. The Morgan fingerprint density at radius 3 is 2.65 bits per heavy atom. The van der Waals surface area contributed by atoms with Crippen LogP contribution in [0.3, 0.4) is 0 Å². The van der Waals surface area contributed by atoms with Gasteiger partial charge in [-0.25, -0.2) is 0 Å². The van der Waals surface area contributed by atoms with Crippen LogP contribution in [0.15, 0.2) is 12.5 Å². The molecule has 0 aromatic carbocycles. The quantitative estimate of drug-likeness (QED) is 0.772. The second-order valence-corrected chi connectivity index (χ2v) is 6.80. The molecule has 3 rings (SSSR count). The molecule has 0 bridgehead atoms. The number of hydrogen-bond donors (Lipinski definition) is 0. The maximum absolute atomic E-state index is 13.2. The number of hydrogen-bond acceptors (Lipinski definition) is 5. The molecule has 0 N–H and O–H groups in total. The number of aryl methyl sites for hydroxylation is 2. The number of amides is 2. The van der Waals surface area contributed by atoms with Crippen LogP contribution in [0.4, 0.5) is 0 Å². The molecule has 1 fully saturated rings. The van der Waals surface area contributed by atoms with E-state index in [2.05, 4.69) is 15.3 Å². The standard InChI is InChI=1S/C17H25N7O2/c1-6-24-15(25)7-12(16(24)13-8-19-23(5)11(13)2)17(26)21(3)9-14-20-18-10-22(14)4/h8,10,12,16H,6-7,9H2,1-5H3/t12-,16-/m0/s1. The second-order valence-electron chi connectivity index (χ2n) is 6.80. The van der Waals surface area contributed by atoms with Gasteiger partial charge in [-0.15, -0.1) is 10.2 Å². The third kappa shape index (κ3) is 2.97. The summed E-state index contributed by atoms with van der Waals surface area (Å²) in [5.41, 5.74) is 1.91. The van der Waals surface area contributed by atoms with Crippen LogP contribution in [0.2, 0.25) is 0 Å². The van der Waals surface area contributed by atoms with Crippen LogP contribution in [-0.2, 0) is 30.2 Å². The van der Waals surface area contributed by atoms with E-state index in [1.165, 1.54) is 0 Å². The van der Waals surface area contributed by atoms with E-state index in [1.807, 2.05) is 27.9 Å². The highest BCUT2D eigenvalue weighted by Gasteiger charge is 2.46. The number of likely N-dealkylation sites (tertiary alicyclic amines) is 1. The third-order valence-corrected chi connectivity index (χ3v) is 5.24. The van der Waals surface area contributed by atoms with Gasteiger partial charge in [0.2, 0.25) is 11.8 Å². The number of nitrogens with zero attached hydrogens (tertiary/aromatic N) is 7. The van der Waals surface area contributed by atoms with Crippen LogP contribution in [0.5, 0.6) is 0 Å². The molecule has 0 radical (unpaired) electrons. The topological polar surface area (TPSA) is 89.2 Å². The Hall–Kier alpha value is -2.71. The van der Waals surface area contributed by atoms with E-state index < -0.39 is 5.92 Å². The summed E-state index contributed by atoms with van der Waals surface area (Å²) in [6, 6.07) is -0.282. The van der Waals surface area contributed by atoms with Gasteiger partial charge in [-0.05, 0) is 13.8 Å². The monoisotopic (exact) mass is 359 g/mol. The van der Waals surface area contributed by atoms with Gasteiger partial charge in [0.1, 0.15) is 6.33 Å². The van der Waals surface area contributed by atoms with E-state index >= 15 is 0 Å². The summed E-state index contributed by atoms with van der Waals surface area (Å²) < 4.78 is 3.56. The van der Waals surface area contributed by atoms with E-state index in [1.54, 1.807) is 38.6 Å². The van der Waals surface area contributed by atoms with Crippen molar-refractivity contribution in [2.24, 2.45) is 20.0 Å². The van der Waals surface area contributed by atoms with E-state index in [0.29, 0.717) is 18.9 Å². The van der Waals surface area contributed by atoms with Crippen LogP contribution in [0.1, 0.15) is 36.5 Å². The van der Waals surface area contributed by atoms with Gasteiger partial charge >= 0.3 is 0 Å². The van der Waals surface area contributed by atoms with E-state index in [-0.39, 0.29) is 24.3 Å². The van der Waals surface area contributed by atoms with E-state index in [0.717, 1.165) is 11.3 Å². The first-order valence-electron chi connectivity index (χ1n) is 8.70. The largest absolute Gasteiger partial charge is 0.338 e. The minimum atomic E-state index is -0.427. The Bertz CT molecular complexity index is 825. The van der Waals surface area contributed by atoms with Crippen molar-refractivity contribution in [2.75, 3.05) is 13.6 Å². The summed E-state index contributed by atoms with van der Waals surface area (Å²) in [5, 5.41) is 12.2. The fourth-order valence-corrected chi connectivity index (χ4v) is 3.60. The number of rotatable bonds is 5. The van der Waals surface area contributed by atoms with Crippen molar-refractivity contribution in [2.45, 2.75) is 32.9 Å². The first-order valence-corrected chi connectivity index (χ1v) is 8.70. The molecule has 1 saturated heterocycles. The Morgan fingerprint density at radius 2 is 2.12 bits per heavy atom. The zero-order valence-corrected chi connectivity index (χ0v) is 15.9. The Labute approximate surface area is 152 Å². The summed E-state index contributed by atoms with van der Waals surface area (Å²) in [6.45, 7) is 4.82. The Balaban J connectivity index is 1.88. The lowest BCUT2D eigenvalue weighted by Crippen LogP contribution is -2.37. The highest BCUT2D eigenvalue weighted by molar-refractivity contribution is 5.90. The van der Waals surface area contributed by atoms with Crippen LogP contribution >= 0.6 is 0 Å². The van der Waals surface area contributed by atoms with Gasteiger partial charge in [-0.1, -0.05) is 0 Å². The van der Waals surface area contributed by atoms with E-state index in [9.17, 15) is 9.59 Å². The maximum atomic E-state index is 13.2. The molecule has 2 atom stereocenters. The molecule has 2 aromatic heterocycles. The van der Waals surface area contributed by atoms with Crippen molar-refractivity contribution in [3.05, 3.63) is 29.6 Å². The predicted octanol–water partition coefficient (Wildman–Crippen LogP) is 0.425. The molecule has 0 aliphatic carbocycles. The van der Waals surface area contributed by atoms with Gasteiger partial charge in [0.05, 0.1) is 24.7 Å². The molecule has 1 aliphatic rings. The summed E-state index contributed by atoms with van der Waals surface area (Å²) in [6.07, 6.45) is 3.59. The Morgan fingerprint density at radius 1 is 1.38 bits per heavy atom. The lowest BCUT2D eigenvalue weighted by molar-refractivity contribution is -0.136. The fourth-order valence-electron chi connectivity index (χ4n) is 3.60. The summed E-state index contributed by atoms with van der Waals surface area (Å²) in [7, 11) is 5.44. The van der Waals surface area contributed by atoms with Crippen molar-refractivity contribution in [3.8, 4) is 0 Å². The van der Waals surface area contributed by atoms with E-state index in [4.69, 9.17) is 0 Å². The van der Waals surface area contributed by atoms with Crippen molar-refractivity contribution in [1.29, 1.82) is 0 Å². The molecule has 0 saturated carbocycles. The molecule has 0 unspecified atom stereocenters. The molecule has 26 heavy (non-hydrogen) atoms. The molecular formula is C17H25N7O2. The summed E-state index contributed by atoms with van der Waals surface area (Å²) >= 11 is 0. The van der Waals surface area contributed by atoms with Crippen molar-refractivity contribution < 1.29 is 9.59 Å².